The quantitative estimate of drug-likeness (QED) is 0.599. The molecule has 0 saturated carbocycles. The average Bonchev–Trinajstić information content (AvgIpc) is 2.69. The number of morpholine rings is 1. The lowest BCUT2D eigenvalue weighted by molar-refractivity contribution is 0.0866. The number of hydrogen-bond donors (Lipinski definition) is 0. The first-order valence-corrected chi connectivity index (χ1v) is 4.74. The zero-order valence-corrected chi connectivity index (χ0v) is 8.03. The Morgan fingerprint density at radius 1 is 1.54 bits per heavy atom. The Balaban J connectivity index is 1.71. The molecule has 0 bridgehead atoms. The Hall–Kier alpha value is -0.770. The van der Waals surface area contributed by atoms with Crippen molar-refractivity contribution in [2.75, 3.05) is 19.7 Å². The van der Waals surface area contributed by atoms with Crippen molar-refractivity contribution in [2.45, 2.75) is 26.1 Å². The Morgan fingerprint density at radius 2 is 2.15 bits per heavy atom. The first-order valence-electron chi connectivity index (χ1n) is 4.74. The van der Waals surface area contributed by atoms with Crippen molar-refractivity contribution in [1.29, 1.82) is 0 Å². The van der Waals surface area contributed by atoms with Crippen LogP contribution in [0.25, 0.3) is 0 Å². The van der Waals surface area contributed by atoms with Crippen LogP contribution in [0, 0.1) is 5.92 Å². The summed E-state index contributed by atoms with van der Waals surface area (Å²) in [5.41, 5.74) is 0. The molecule has 2 fully saturated rings. The lowest BCUT2D eigenvalue weighted by Gasteiger charge is -2.17. The van der Waals surface area contributed by atoms with E-state index in [2.05, 4.69) is 0 Å². The maximum atomic E-state index is 11.4. The molecular weight excluding hydrogens is 170 g/mol. The fourth-order valence-electron chi connectivity index (χ4n) is 1.49. The van der Waals surface area contributed by atoms with Gasteiger partial charge in [-0.15, -0.1) is 0 Å². The molecule has 2 rings (SSSR count). The van der Waals surface area contributed by atoms with E-state index in [0.717, 1.165) is 0 Å². The minimum Gasteiger partial charge on any atom is -0.449 e. The molecule has 74 valence electrons. The van der Waals surface area contributed by atoms with Gasteiger partial charge in [0.2, 0.25) is 0 Å². The van der Waals surface area contributed by atoms with Crippen molar-refractivity contribution in [3.8, 4) is 0 Å². The Kier molecular flexibility index (Phi) is 2.15. The van der Waals surface area contributed by atoms with Crippen molar-refractivity contribution in [1.82, 2.24) is 4.90 Å². The van der Waals surface area contributed by atoms with Gasteiger partial charge in [-0.3, -0.25) is 0 Å². The van der Waals surface area contributed by atoms with Gasteiger partial charge in [0.25, 0.3) is 0 Å². The monoisotopic (exact) mass is 185 g/mol. The first-order chi connectivity index (χ1) is 6.16. The Morgan fingerprint density at radius 3 is 2.69 bits per heavy atom. The lowest BCUT2D eigenvalue weighted by Crippen LogP contribution is -2.32. The first kappa shape index (κ1) is 8.81. The topological polar surface area (TPSA) is 42.1 Å². The largest absolute Gasteiger partial charge is 0.449 e. The highest BCUT2D eigenvalue weighted by atomic mass is 16.6. The summed E-state index contributed by atoms with van der Waals surface area (Å²) in [7, 11) is 0. The lowest BCUT2D eigenvalue weighted by atomic mass is 10.2. The number of nitrogens with zero attached hydrogens (tertiary/aromatic N) is 1. The van der Waals surface area contributed by atoms with Gasteiger partial charge in [-0.2, -0.15) is 0 Å². The molecule has 0 aromatic rings. The minimum atomic E-state index is -0.190. The molecule has 13 heavy (non-hydrogen) atoms. The van der Waals surface area contributed by atoms with E-state index in [1.165, 1.54) is 0 Å². The van der Waals surface area contributed by atoms with Gasteiger partial charge in [-0.05, 0) is 5.92 Å². The molecule has 0 aliphatic carbocycles. The number of fused-ring (bicyclic) bond motifs is 1. The number of rotatable bonds is 2. The number of amides is 1. The summed E-state index contributed by atoms with van der Waals surface area (Å²) in [6.45, 7) is 5.98. The fourth-order valence-corrected chi connectivity index (χ4v) is 1.49. The standard InChI is InChI=1S/C9H15NO3/c1-6(2)5-12-9(11)10-3-7-8(4-10)13-7/h6-8H,3-5H2,1-2H3. The predicted octanol–water partition coefficient (Wildman–Crippen LogP) is 0.862. The number of ether oxygens (including phenoxy) is 2. The minimum absolute atomic E-state index is 0.190. The molecule has 2 aliphatic rings. The molecule has 0 aromatic heterocycles. The molecule has 0 radical (unpaired) electrons. The van der Waals surface area contributed by atoms with Crippen LogP contribution in [0.4, 0.5) is 4.79 Å². The molecule has 4 nitrogen and oxygen atoms in total. The average molecular weight is 185 g/mol. The molecule has 2 atom stereocenters. The number of carbonyl (C=O) groups is 1. The van der Waals surface area contributed by atoms with Crippen LogP contribution in [0.5, 0.6) is 0 Å². The SMILES string of the molecule is CC(C)COC(=O)N1CC2OC2C1. The second-order valence-electron chi connectivity index (χ2n) is 4.09. The van der Waals surface area contributed by atoms with Crippen LogP contribution in [0.3, 0.4) is 0 Å². The van der Waals surface area contributed by atoms with Crippen LogP contribution in [-0.4, -0.2) is 42.9 Å². The van der Waals surface area contributed by atoms with Gasteiger partial charge < -0.3 is 14.4 Å². The van der Waals surface area contributed by atoms with Gasteiger partial charge in [0.15, 0.2) is 0 Å². The molecule has 2 saturated heterocycles. The number of epoxide rings is 1. The van der Waals surface area contributed by atoms with E-state index in [4.69, 9.17) is 9.47 Å². The van der Waals surface area contributed by atoms with Crippen molar-refractivity contribution in [3.05, 3.63) is 0 Å². The zero-order chi connectivity index (χ0) is 9.42. The van der Waals surface area contributed by atoms with Gasteiger partial charge >= 0.3 is 6.09 Å². The maximum absolute atomic E-state index is 11.4. The van der Waals surface area contributed by atoms with Crippen molar-refractivity contribution in [2.24, 2.45) is 5.92 Å². The summed E-state index contributed by atoms with van der Waals surface area (Å²) < 4.78 is 10.3. The molecule has 1 amide bonds. The van der Waals surface area contributed by atoms with Crippen LogP contribution in [-0.2, 0) is 9.47 Å². The van der Waals surface area contributed by atoms with Crippen molar-refractivity contribution >= 4 is 6.09 Å². The van der Waals surface area contributed by atoms with Crippen molar-refractivity contribution in [3.63, 3.8) is 0 Å². The smallest absolute Gasteiger partial charge is 0.409 e. The van der Waals surface area contributed by atoms with Crippen LogP contribution >= 0.6 is 0 Å². The number of likely N-dealkylation sites (tertiary alicyclic amines) is 1. The van der Waals surface area contributed by atoms with E-state index in [0.29, 0.717) is 37.8 Å². The van der Waals surface area contributed by atoms with E-state index in [-0.39, 0.29) is 6.09 Å². The van der Waals surface area contributed by atoms with E-state index >= 15 is 0 Å². The molecule has 0 aromatic carbocycles. The van der Waals surface area contributed by atoms with Gasteiger partial charge in [-0.1, -0.05) is 13.8 Å². The number of hydrogen-bond acceptors (Lipinski definition) is 3. The molecular formula is C9H15NO3. The van der Waals surface area contributed by atoms with Crippen LogP contribution in [0.2, 0.25) is 0 Å². The summed E-state index contributed by atoms with van der Waals surface area (Å²) in [6.07, 6.45) is 0.405. The predicted molar refractivity (Wildman–Crippen MR) is 46.4 cm³/mol. The third kappa shape index (κ3) is 1.94. The highest BCUT2D eigenvalue weighted by Gasteiger charge is 2.49. The molecule has 2 heterocycles. The summed E-state index contributed by atoms with van der Waals surface area (Å²) >= 11 is 0. The second kappa shape index (κ2) is 3.18. The maximum Gasteiger partial charge on any atom is 0.409 e. The highest BCUT2D eigenvalue weighted by Crippen LogP contribution is 2.30. The van der Waals surface area contributed by atoms with E-state index < -0.39 is 0 Å². The van der Waals surface area contributed by atoms with Crippen LogP contribution in [0.1, 0.15) is 13.8 Å². The molecule has 4 heteroatoms. The van der Waals surface area contributed by atoms with Gasteiger partial charge in [0.1, 0.15) is 12.2 Å². The summed E-state index contributed by atoms with van der Waals surface area (Å²) in [5, 5.41) is 0. The molecule has 0 spiro atoms. The second-order valence-corrected chi connectivity index (χ2v) is 4.09. The highest BCUT2D eigenvalue weighted by molar-refractivity contribution is 5.68. The number of carbonyl (C=O) groups excluding carboxylic acids is 1. The molecule has 2 aliphatic heterocycles. The summed E-state index contributed by atoms with van der Waals surface area (Å²) in [6, 6.07) is 0. The van der Waals surface area contributed by atoms with Gasteiger partial charge in [-0.25, -0.2) is 4.79 Å². The Labute approximate surface area is 77.8 Å². The molecule has 0 N–H and O–H groups in total. The van der Waals surface area contributed by atoms with Crippen molar-refractivity contribution < 1.29 is 14.3 Å². The van der Waals surface area contributed by atoms with E-state index in [1.807, 2.05) is 13.8 Å². The van der Waals surface area contributed by atoms with Gasteiger partial charge in [0.05, 0.1) is 19.7 Å². The van der Waals surface area contributed by atoms with Crippen LogP contribution in [0.15, 0.2) is 0 Å². The normalized spacial score (nSPS) is 30.5. The third-order valence-electron chi connectivity index (χ3n) is 2.29. The third-order valence-corrected chi connectivity index (χ3v) is 2.29. The van der Waals surface area contributed by atoms with Crippen LogP contribution < -0.4 is 0 Å². The van der Waals surface area contributed by atoms with E-state index in [1.54, 1.807) is 4.90 Å². The summed E-state index contributed by atoms with van der Waals surface area (Å²) in [4.78, 5) is 13.1. The van der Waals surface area contributed by atoms with Gasteiger partial charge in [0, 0.05) is 0 Å². The molecule has 2 unspecified atom stereocenters. The zero-order valence-electron chi connectivity index (χ0n) is 8.03. The Bertz CT molecular complexity index is 207. The fraction of sp³-hybridized carbons (Fsp3) is 0.889. The summed E-state index contributed by atoms with van der Waals surface area (Å²) in [5.74, 6) is 0.400. The van der Waals surface area contributed by atoms with E-state index in [9.17, 15) is 4.79 Å².